The first-order valence-corrected chi connectivity index (χ1v) is 14.7. The summed E-state index contributed by atoms with van der Waals surface area (Å²) >= 11 is 12.4. The van der Waals surface area contributed by atoms with Gasteiger partial charge < -0.3 is 14.7 Å². The maximum atomic E-state index is 15.3. The predicted octanol–water partition coefficient (Wildman–Crippen LogP) is 6.55. The molecule has 39 heavy (non-hydrogen) atoms. The van der Waals surface area contributed by atoms with Crippen molar-refractivity contribution in [2.75, 3.05) is 19.7 Å². The topological polar surface area (TPSA) is 70.1 Å². The van der Waals surface area contributed by atoms with Crippen LogP contribution in [0.3, 0.4) is 0 Å². The molecule has 208 valence electrons. The maximum absolute atomic E-state index is 15.3. The van der Waals surface area contributed by atoms with Gasteiger partial charge in [-0.15, -0.1) is 0 Å². The molecule has 0 spiro atoms. The second-order valence-corrected chi connectivity index (χ2v) is 12.6. The van der Waals surface area contributed by atoms with Crippen molar-refractivity contribution in [3.8, 4) is 5.75 Å². The van der Waals surface area contributed by atoms with Gasteiger partial charge in [-0.1, -0.05) is 23.2 Å². The van der Waals surface area contributed by atoms with E-state index in [9.17, 15) is 14.7 Å². The molecule has 4 fully saturated rings. The smallest absolute Gasteiger partial charge is 0.326 e. The number of carbonyl (C=O) groups is 2. The Balaban J connectivity index is 1.10. The van der Waals surface area contributed by atoms with E-state index in [4.69, 9.17) is 27.9 Å². The van der Waals surface area contributed by atoms with Crippen LogP contribution in [-0.4, -0.2) is 58.6 Å². The highest BCUT2D eigenvalue weighted by atomic mass is 35.5. The number of amides is 1. The molecule has 1 N–H and O–H groups in total. The van der Waals surface area contributed by atoms with Crippen LogP contribution in [0.25, 0.3) is 0 Å². The van der Waals surface area contributed by atoms with Gasteiger partial charge in [0.1, 0.15) is 17.6 Å². The second-order valence-electron chi connectivity index (χ2n) is 11.7. The minimum Gasteiger partial charge on any atom is -0.493 e. The van der Waals surface area contributed by atoms with E-state index in [-0.39, 0.29) is 29.5 Å². The summed E-state index contributed by atoms with van der Waals surface area (Å²) in [6.07, 6.45) is 5.14. The third kappa shape index (κ3) is 5.50. The molecule has 0 bridgehead atoms. The number of aliphatic carboxylic acids is 1. The highest BCUT2D eigenvalue weighted by molar-refractivity contribution is 6.34. The lowest BCUT2D eigenvalue weighted by atomic mass is 9.95. The Labute approximate surface area is 238 Å². The molecule has 2 aliphatic carbocycles. The minimum absolute atomic E-state index is 0.0357. The van der Waals surface area contributed by atoms with Crippen molar-refractivity contribution in [2.45, 2.75) is 69.5 Å². The molecule has 2 aromatic rings. The average molecular weight is 576 g/mol. The molecule has 2 saturated carbocycles. The van der Waals surface area contributed by atoms with Crippen LogP contribution < -0.4 is 4.74 Å². The summed E-state index contributed by atoms with van der Waals surface area (Å²) in [7, 11) is 0. The number of carbonyl (C=O) groups excluding carboxylic acids is 1. The van der Waals surface area contributed by atoms with Gasteiger partial charge in [0.05, 0.1) is 12.2 Å². The molecule has 2 aliphatic heterocycles. The zero-order chi connectivity index (χ0) is 27.4. The number of carboxylic acids is 1. The third-order valence-electron chi connectivity index (χ3n) is 9.01. The van der Waals surface area contributed by atoms with Gasteiger partial charge in [-0.05, 0) is 112 Å². The Hall–Kier alpha value is -2.35. The number of hydrogen-bond donors (Lipinski definition) is 1. The second kappa shape index (κ2) is 10.6. The van der Waals surface area contributed by atoms with Crippen LogP contribution in [0.1, 0.15) is 78.9 Å². The first kappa shape index (κ1) is 26.9. The number of halogens is 3. The summed E-state index contributed by atoms with van der Waals surface area (Å²) in [4.78, 5) is 28.8. The molecule has 2 heterocycles. The van der Waals surface area contributed by atoms with Crippen LogP contribution in [-0.2, 0) is 4.79 Å². The van der Waals surface area contributed by atoms with Crippen molar-refractivity contribution in [3.05, 3.63) is 62.9 Å². The Bertz CT molecular complexity index is 1270. The van der Waals surface area contributed by atoms with Gasteiger partial charge in [0.25, 0.3) is 5.91 Å². The number of carboxylic acid groups (broad SMARTS) is 1. The number of hydrogen-bond acceptors (Lipinski definition) is 4. The fourth-order valence-corrected chi connectivity index (χ4v) is 6.97. The van der Waals surface area contributed by atoms with Gasteiger partial charge in [-0.2, -0.15) is 0 Å². The van der Waals surface area contributed by atoms with Gasteiger partial charge in [-0.25, -0.2) is 9.18 Å². The van der Waals surface area contributed by atoms with Crippen LogP contribution in [0.15, 0.2) is 30.3 Å². The van der Waals surface area contributed by atoms with E-state index in [2.05, 4.69) is 11.8 Å². The molecule has 0 aromatic heterocycles. The summed E-state index contributed by atoms with van der Waals surface area (Å²) in [6.45, 7) is 4.49. The van der Waals surface area contributed by atoms with Crippen molar-refractivity contribution in [1.29, 1.82) is 0 Å². The van der Waals surface area contributed by atoms with Gasteiger partial charge in [0, 0.05) is 28.2 Å². The van der Waals surface area contributed by atoms with Crippen LogP contribution in [0.2, 0.25) is 10.0 Å². The van der Waals surface area contributed by atoms with Crippen molar-refractivity contribution < 1.29 is 23.8 Å². The standard InChI is InChI=1S/C30H33Cl2FN2O4/c1-16(19-8-21(31)12-22(32)9-19)34-6-4-17(5-7-34)15-39-28-14-25(33)24(13-23(28)18-2-3-18)29(36)35-26-10-20(26)11-27(35)30(37)38/h8-9,12-14,16-18,20,26-27H,2-7,10-11,15H2,1H3,(H,37,38)/t16?,20-,26-,27+/m1/s1. The lowest BCUT2D eigenvalue weighted by Crippen LogP contribution is -2.43. The highest BCUT2D eigenvalue weighted by Gasteiger charge is 2.56. The van der Waals surface area contributed by atoms with E-state index < -0.39 is 23.7 Å². The molecular formula is C30H33Cl2FN2O4. The number of nitrogens with zero attached hydrogens (tertiary/aromatic N) is 2. The van der Waals surface area contributed by atoms with E-state index in [1.807, 2.05) is 12.1 Å². The summed E-state index contributed by atoms with van der Waals surface area (Å²) in [5.41, 5.74) is 1.93. The van der Waals surface area contributed by atoms with Crippen LogP contribution in [0, 0.1) is 17.7 Å². The van der Waals surface area contributed by atoms with Crippen molar-refractivity contribution in [1.82, 2.24) is 9.80 Å². The fraction of sp³-hybridized carbons (Fsp3) is 0.533. The van der Waals surface area contributed by atoms with E-state index in [1.165, 1.54) is 11.0 Å². The van der Waals surface area contributed by atoms with E-state index >= 15 is 4.39 Å². The largest absolute Gasteiger partial charge is 0.493 e. The Morgan fingerprint density at radius 3 is 2.38 bits per heavy atom. The lowest BCUT2D eigenvalue weighted by Gasteiger charge is -2.36. The number of likely N-dealkylation sites (tertiary alicyclic amines) is 2. The first-order valence-electron chi connectivity index (χ1n) is 13.9. The van der Waals surface area contributed by atoms with E-state index in [0.717, 1.165) is 56.3 Å². The highest BCUT2D eigenvalue weighted by Crippen LogP contribution is 2.49. The molecular weight excluding hydrogens is 542 g/mol. The van der Waals surface area contributed by atoms with E-state index in [0.29, 0.717) is 34.7 Å². The van der Waals surface area contributed by atoms with Gasteiger partial charge in [-0.3, -0.25) is 9.69 Å². The van der Waals surface area contributed by atoms with Crippen LogP contribution in [0.5, 0.6) is 5.75 Å². The van der Waals surface area contributed by atoms with Crippen molar-refractivity contribution in [3.63, 3.8) is 0 Å². The Morgan fingerprint density at radius 1 is 1.05 bits per heavy atom. The maximum Gasteiger partial charge on any atom is 0.326 e. The van der Waals surface area contributed by atoms with Crippen LogP contribution >= 0.6 is 23.2 Å². The fourth-order valence-electron chi connectivity index (χ4n) is 6.42. The SMILES string of the molecule is CC(c1cc(Cl)cc(Cl)c1)N1CCC(COc2cc(F)c(C(=O)N3[C@@H]4C[C@@H]4C[C@H]3C(=O)O)cc2C2CC2)CC1. The molecule has 0 radical (unpaired) electrons. The van der Waals surface area contributed by atoms with Gasteiger partial charge in [0.2, 0.25) is 0 Å². The number of ether oxygens (including phenoxy) is 1. The summed E-state index contributed by atoms with van der Waals surface area (Å²) in [5, 5.41) is 10.9. The number of rotatable bonds is 8. The zero-order valence-corrected chi connectivity index (χ0v) is 23.4. The van der Waals surface area contributed by atoms with Crippen molar-refractivity contribution in [2.24, 2.45) is 11.8 Å². The molecule has 1 unspecified atom stereocenters. The number of benzene rings is 2. The van der Waals surface area contributed by atoms with Gasteiger partial charge >= 0.3 is 5.97 Å². The average Bonchev–Trinajstić information content (AvgIpc) is 3.84. The lowest BCUT2D eigenvalue weighted by molar-refractivity contribution is -0.141. The molecule has 2 aromatic carbocycles. The normalized spacial score (nSPS) is 25.8. The van der Waals surface area contributed by atoms with E-state index in [1.54, 1.807) is 12.1 Å². The molecule has 2 saturated heterocycles. The Morgan fingerprint density at radius 2 is 1.74 bits per heavy atom. The number of fused-ring (bicyclic) bond motifs is 1. The minimum atomic E-state index is -1.02. The molecule has 1 amide bonds. The van der Waals surface area contributed by atoms with Crippen molar-refractivity contribution >= 4 is 35.1 Å². The Kier molecular flexibility index (Phi) is 7.27. The van der Waals surface area contributed by atoms with Crippen LogP contribution in [0.4, 0.5) is 4.39 Å². The quantitative estimate of drug-likeness (QED) is 0.387. The molecule has 6 nitrogen and oxygen atoms in total. The molecule has 4 atom stereocenters. The zero-order valence-electron chi connectivity index (χ0n) is 21.9. The molecule has 9 heteroatoms. The summed E-state index contributed by atoms with van der Waals surface area (Å²) in [6, 6.07) is 7.89. The third-order valence-corrected chi connectivity index (χ3v) is 9.45. The molecule has 6 rings (SSSR count). The predicted molar refractivity (Wildman–Crippen MR) is 147 cm³/mol. The molecule has 4 aliphatic rings. The van der Waals surface area contributed by atoms with Gasteiger partial charge in [0.15, 0.2) is 0 Å². The first-order chi connectivity index (χ1) is 18.7. The summed E-state index contributed by atoms with van der Waals surface area (Å²) < 4.78 is 21.5. The summed E-state index contributed by atoms with van der Waals surface area (Å²) in [5.74, 6) is -0.840. The number of piperidine rings is 2. The monoisotopic (exact) mass is 574 g/mol.